The fourth-order valence-electron chi connectivity index (χ4n) is 0.741. The van der Waals surface area contributed by atoms with Gasteiger partial charge in [-0.1, -0.05) is 0 Å². The molecule has 0 aliphatic rings. The maximum Gasteiger partial charge on any atom is 0.413 e. The van der Waals surface area contributed by atoms with E-state index in [1.54, 1.807) is 24.5 Å². The summed E-state index contributed by atoms with van der Waals surface area (Å²) in [6.07, 6.45) is 2.63. The van der Waals surface area contributed by atoms with Crippen LogP contribution in [0.15, 0.2) is 24.5 Å². The number of rotatable bonds is 1. The molecule has 0 unspecified atom stereocenters. The molecule has 1 amide bonds. The second-order valence-corrected chi connectivity index (χ2v) is 2.71. The highest BCUT2D eigenvalue weighted by Gasteiger charge is 2.02. The van der Waals surface area contributed by atoms with Crippen LogP contribution in [0.5, 0.6) is 0 Å². The number of hydrogen-bond donors (Lipinski definition) is 2. The van der Waals surface area contributed by atoms with E-state index >= 15 is 0 Å². The van der Waals surface area contributed by atoms with E-state index in [2.05, 4.69) is 20.4 Å². The standard InChI is InChI=1S/C8H9N3O2S/c1-13-8(12)11-7(14)10-6-2-4-9-5-3-6/h2-5H,1H3,(H2,9,10,11,12,14). The van der Waals surface area contributed by atoms with Gasteiger partial charge in [0, 0.05) is 18.1 Å². The number of hydrogen-bond acceptors (Lipinski definition) is 4. The third-order valence-electron chi connectivity index (χ3n) is 1.34. The highest BCUT2D eigenvalue weighted by molar-refractivity contribution is 7.80. The normalized spacial score (nSPS) is 8.93. The van der Waals surface area contributed by atoms with Crippen LogP contribution in [0.3, 0.4) is 0 Å². The molecule has 5 nitrogen and oxygen atoms in total. The minimum Gasteiger partial charge on any atom is -0.453 e. The first-order valence-corrected chi connectivity index (χ1v) is 4.19. The van der Waals surface area contributed by atoms with Crippen LogP contribution >= 0.6 is 12.2 Å². The van der Waals surface area contributed by atoms with Gasteiger partial charge in [-0.15, -0.1) is 0 Å². The molecule has 2 N–H and O–H groups in total. The molecule has 0 saturated carbocycles. The number of amides is 1. The number of carbonyl (C=O) groups excluding carboxylic acids is 1. The van der Waals surface area contributed by atoms with E-state index in [-0.39, 0.29) is 5.11 Å². The Morgan fingerprint density at radius 2 is 2.14 bits per heavy atom. The van der Waals surface area contributed by atoms with E-state index in [1.165, 1.54) is 7.11 Å². The quantitative estimate of drug-likeness (QED) is 0.682. The summed E-state index contributed by atoms with van der Waals surface area (Å²) in [5, 5.41) is 5.29. The van der Waals surface area contributed by atoms with Gasteiger partial charge in [0.2, 0.25) is 0 Å². The number of nitrogens with one attached hydrogen (secondary N) is 2. The third kappa shape index (κ3) is 3.36. The molecular weight excluding hydrogens is 202 g/mol. The Morgan fingerprint density at radius 1 is 1.50 bits per heavy atom. The van der Waals surface area contributed by atoms with Crippen molar-refractivity contribution in [3.63, 3.8) is 0 Å². The van der Waals surface area contributed by atoms with Gasteiger partial charge >= 0.3 is 6.09 Å². The first kappa shape index (κ1) is 10.4. The molecule has 0 aliphatic carbocycles. The van der Waals surface area contributed by atoms with Gasteiger partial charge in [-0.2, -0.15) is 0 Å². The fourth-order valence-corrected chi connectivity index (χ4v) is 0.943. The molecule has 0 atom stereocenters. The van der Waals surface area contributed by atoms with E-state index in [0.717, 1.165) is 5.69 Å². The summed E-state index contributed by atoms with van der Waals surface area (Å²) in [6, 6.07) is 3.45. The average molecular weight is 211 g/mol. The monoisotopic (exact) mass is 211 g/mol. The van der Waals surface area contributed by atoms with Crippen LogP contribution in [-0.2, 0) is 4.74 Å². The van der Waals surface area contributed by atoms with Crippen LogP contribution in [0.2, 0.25) is 0 Å². The van der Waals surface area contributed by atoms with Gasteiger partial charge in [0.15, 0.2) is 5.11 Å². The molecule has 0 bridgehead atoms. The van der Waals surface area contributed by atoms with Crippen molar-refractivity contribution in [1.82, 2.24) is 10.3 Å². The molecule has 1 aromatic rings. The Balaban J connectivity index is 2.46. The van der Waals surface area contributed by atoms with Crippen molar-refractivity contribution in [1.29, 1.82) is 0 Å². The van der Waals surface area contributed by atoms with E-state index < -0.39 is 6.09 Å². The molecule has 0 spiro atoms. The summed E-state index contributed by atoms with van der Waals surface area (Å²) in [5.74, 6) is 0. The number of alkyl carbamates (subject to hydrolysis) is 1. The van der Waals surface area contributed by atoms with Crippen molar-refractivity contribution >= 4 is 29.1 Å². The second kappa shape index (κ2) is 5.13. The molecule has 14 heavy (non-hydrogen) atoms. The predicted octanol–water partition coefficient (Wildman–Crippen LogP) is 1.13. The van der Waals surface area contributed by atoms with Gasteiger partial charge in [-0.05, 0) is 24.4 Å². The van der Waals surface area contributed by atoms with Gasteiger partial charge < -0.3 is 10.1 Å². The molecule has 6 heteroatoms. The molecule has 0 fully saturated rings. The van der Waals surface area contributed by atoms with Crippen LogP contribution < -0.4 is 10.6 Å². The minimum absolute atomic E-state index is 0.183. The van der Waals surface area contributed by atoms with Gasteiger partial charge in [0.25, 0.3) is 0 Å². The first-order valence-electron chi connectivity index (χ1n) is 3.78. The van der Waals surface area contributed by atoms with Crippen molar-refractivity contribution in [3.05, 3.63) is 24.5 Å². The zero-order chi connectivity index (χ0) is 10.4. The van der Waals surface area contributed by atoms with Crippen LogP contribution in [0, 0.1) is 0 Å². The average Bonchev–Trinajstić information content (AvgIpc) is 2.19. The maximum atomic E-state index is 10.7. The van der Waals surface area contributed by atoms with Crippen LogP contribution in [0.4, 0.5) is 10.5 Å². The summed E-state index contributed by atoms with van der Waals surface area (Å²) in [5.41, 5.74) is 0.751. The van der Waals surface area contributed by atoms with Crippen molar-refractivity contribution in [2.45, 2.75) is 0 Å². The Hall–Kier alpha value is -1.69. The zero-order valence-electron chi connectivity index (χ0n) is 7.48. The molecule has 0 aliphatic heterocycles. The fraction of sp³-hybridized carbons (Fsp3) is 0.125. The SMILES string of the molecule is COC(=O)NC(=S)Nc1ccncc1. The van der Waals surface area contributed by atoms with E-state index in [1.807, 2.05) is 0 Å². The zero-order valence-corrected chi connectivity index (χ0v) is 8.30. The largest absolute Gasteiger partial charge is 0.453 e. The number of nitrogens with zero attached hydrogens (tertiary/aromatic N) is 1. The van der Waals surface area contributed by atoms with E-state index in [4.69, 9.17) is 12.2 Å². The summed E-state index contributed by atoms with van der Waals surface area (Å²) >= 11 is 4.84. The number of aromatic nitrogens is 1. The number of anilines is 1. The summed E-state index contributed by atoms with van der Waals surface area (Å²) in [7, 11) is 1.27. The number of ether oxygens (including phenoxy) is 1. The maximum absolute atomic E-state index is 10.7. The van der Waals surface area contributed by atoms with Crippen LogP contribution in [-0.4, -0.2) is 23.3 Å². The lowest BCUT2D eigenvalue weighted by atomic mass is 10.4. The topological polar surface area (TPSA) is 63.2 Å². The molecule has 1 rings (SSSR count). The molecule has 74 valence electrons. The molecule has 0 aromatic carbocycles. The number of methoxy groups -OCH3 is 1. The number of carbonyl (C=O) groups is 1. The highest BCUT2D eigenvalue weighted by Crippen LogP contribution is 2.02. The Kier molecular flexibility index (Phi) is 3.81. The Morgan fingerprint density at radius 3 is 2.71 bits per heavy atom. The lowest BCUT2D eigenvalue weighted by molar-refractivity contribution is 0.177. The summed E-state index contributed by atoms with van der Waals surface area (Å²) in [4.78, 5) is 14.6. The van der Waals surface area contributed by atoms with Crippen molar-refractivity contribution in [2.24, 2.45) is 0 Å². The summed E-state index contributed by atoms with van der Waals surface area (Å²) < 4.78 is 4.37. The lowest BCUT2D eigenvalue weighted by Crippen LogP contribution is -2.33. The second-order valence-electron chi connectivity index (χ2n) is 2.31. The molecule has 0 radical (unpaired) electrons. The molecule has 1 aromatic heterocycles. The van der Waals surface area contributed by atoms with Gasteiger partial charge in [0.05, 0.1) is 7.11 Å². The molecular formula is C8H9N3O2S. The Labute approximate surface area is 86.5 Å². The first-order chi connectivity index (χ1) is 6.72. The van der Waals surface area contributed by atoms with E-state index in [0.29, 0.717) is 0 Å². The van der Waals surface area contributed by atoms with Gasteiger partial charge in [0.1, 0.15) is 0 Å². The van der Waals surface area contributed by atoms with Gasteiger partial charge in [-0.3, -0.25) is 10.3 Å². The van der Waals surface area contributed by atoms with Crippen molar-refractivity contribution in [2.75, 3.05) is 12.4 Å². The third-order valence-corrected chi connectivity index (χ3v) is 1.54. The smallest absolute Gasteiger partial charge is 0.413 e. The molecule has 1 heterocycles. The highest BCUT2D eigenvalue weighted by atomic mass is 32.1. The van der Waals surface area contributed by atoms with Crippen molar-refractivity contribution < 1.29 is 9.53 Å². The van der Waals surface area contributed by atoms with Crippen LogP contribution in [0.25, 0.3) is 0 Å². The Bertz CT molecular complexity index is 329. The lowest BCUT2D eigenvalue weighted by Gasteiger charge is -2.07. The van der Waals surface area contributed by atoms with E-state index in [9.17, 15) is 4.79 Å². The molecule has 0 saturated heterocycles. The summed E-state index contributed by atoms with van der Waals surface area (Å²) in [6.45, 7) is 0. The van der Waals surface area contributed by atoms with Crippen molar-refractivity contribution in [3.8, 4) is 0 Å². The van der Waals surface area contributed by atoms with Gasteiger partial charge in [-0.25, -0.2) is 4.79 Å². The number of pyridine rings is 1. The van der Waals surface area contributed by atoms with Crippen LogP contribution in [0.1, 0.15) is 0 Å². The predicted molar refractivity (Wildman–Crippen MR) is 56.0 cm³/mol. The minimum atomic E-state index is -0.600. The number of thiocarbonyl (C=S) groups is 1.